The molecule has 0 unspecified atom stereocenters. The molecule has 3 heterocycles. The van der Waals surface area contributed by atoms with E-state index in [0.29, 0.717) is 11.7 Å². The Kier molecular flexibility index (Phi) is 4.19. The van der Waals surface area contributed by atoms with Crippen LogP contribution in [0.2, 0.25) is 0 Å². The molecule has 5 heteroatoms. The summed E-state index contributed by atoms with van der Waals surface area (Å²) in [6, 6.07) is 14.6. The quantitative estimate of drug-likeness (QED) is 0.482. The van der Waals surface area contributed by atoms with Crippen LogP contribution in [-0.2, 0) is 13.1 Å². The molecule has 0 atom stereocenters. The average molecular weight is 352 g/mol. The molecule has 4 nitrogen and oxygen atoms in total. The van der Waals surface area contributed by atoms with Gasteiger partial charge in [-0.2, -0.15) is 0 Å². The van der Waals surface area contributed by atoms with Crippen molar-refractivity contribution in [3.63, 3.8) is 0 Å². The van der Waals surface area contributed by atoms with Gasteiger partial charge >= 0.3 is 0 Å². The third-order valence-electron chi connectivity index (χ3n) is 4.17. The van der Waals surface area contributed by atoms with E-state index in [9.17, 15) is 0 Å². The molecule has 0 aliphatic rings. The molecule has 4 rings (SSSR count). The summed E-state index contributed by atoms with van der Waals surface area (Å²) >= 11 is 1.84. The van der Waals surface area contributed by atoms with Gasteiger partial charge in [-0.05, 0) is 50.5 Å². The zero-order valence-electron chi connectivity index (χ0n) is 14.6. The fourth-order valence-electron chi connectivity index (χ4n) is 2.92. The fraction of sp³-hybridized carbons (Fsp3) is 0.250. The number of fused-ring (bicyclic) bond motifs is 1. The average Bonchev–Trinajstić information content (AvgIpc) is 3.26. The molecular weight excluding hydrogens is 332 g/mol. The van der Waals surface area contributed by atoms with Crippen molar-refractivity contribution in [2.24, 2.45) is 0 Å². The van der Waals surface area contributed by atoms with Gasteiger partial charge in [0.25, 0.3) is 5.89 Å². The molecule has 128 valence electrons. The van der Waals surface area contributed by atoms with Gasteiger partial charge in [0.05, 0.1) is 5.69 Å². The highest BCUT2D eigenvalue weighted by Gasteiger charge is 2.16. The third-order valence-corrected chi connectivity index (χ3v) is 5.27. The van der Waals surface area contributed by atoms with Crippen molar-refractivity contribution in [3.05, 3.63) is 64.6 Å². The number of furan rings is 1. The molecule has 0 N–H and O–H groups in total. The molecule has 0 spiro atoms. The van der Waals surface area contributed by atoms with Gasteiger partial charge in [0.2, 0.25) is 0 Å². The standard InChI is InChI=1S/C20H20N2O2S/c1-13-8-9-18(23-13)20-21-17(14(2)24-20)12-22(3)11-16-10-15-6-4-5-7-19(15)25-16/h4-10H,11-12H2,1-3H3. The van der Waals surface area contributed by atoms with E-state index >= 15 is 0 Å². The number of hydrogen-bond acceptors (Lipinski definition) is 5. The molecule has 0 bridgehead atoms. The number of rotatable bonds is 5. The Morgan fingerprint density at radius 1 is 1.04 bits per heavy atom. The third kappa shape index (κ3) is 3.38. The summed E-state index contributed by atoms with van der Waals surface area (Å²) in [5, 5.41) is 1.31. The lowest BCUT2D eigenvalue weighted by molar-refractivity contribution is 0.316. The van der Waals surface area contributed by atoms with E-state index < -0.39 is 0 Å². The smallest absolute Gasteiger partial charge is 0.263 e. The Labute approximate surface area is 150 Å². The molecule has 0 aliphatic carbocycles. The monoisotopic (exact) mass is 352 g/mol. The first-order valence-electron chi connectivity index (χ1n) is 8.27. The summed E-state index contributed by atoms with van der Waals surface area (Å²) in [5.41, 5.74) is 0.952. The van der Waals surface area contributed by atoms with Gasteiger partial charge in [0, 0.05) is 22.7 Å². The Hall–Kier alpha value is -2.37. The van der Waals surface area contributed by atoms with Crippen LogP contribution in [0.1, 0.15) is 22.1 Å². The van der Waals surface area contributed by atoms with E-state index in [-0.39, 0.29) is 0 Å². The van der Waals surface area contributed by atoms with Crippen LogP contribution in [0.25, 0.3) is 21.7 Å². The lowest BCUT2D eigenvalue weighted by Gasteiger charge is -2.13. The maximum atomic E-state index is 5.78. The molecule has 0 radical (unpaired) electrons. The van der Waals surface area contributed by atoms with Gasteiger partial charge in [-0.15, -0.1) is 11.3 Å². The summed E-state index contributed by atoms with van der Waals surface area (Å²) < 4.78 is 12.7. The minimum Gasteiger partial charge on any atom is -0.456 e. The first-order valence-corrected chi connectivity index (χ1v) is 9.09. The van der Waals surface area contributed by atoms with E-state index in [1.165, 1.54) is 15.0 Å². The normalized spacial score (nSPS) is 11.7. The van der Waals surface area contributed by atoms with Gasteiger partial charge < -0.3 is 8.83 Å². The maximum Gasteiger partial charge on any atom is 0.263 e. The number of benzene rings is 1. The molecule has 0 saturated carbocycles. The van der Waals surface area contributed by atoms with Crippen molar-refractivity contribution in [2.45, 2.75) is 26.9 Å². The van der Waals surface area contributed by atoms with Crippen LogP contribution in [0.4, 0.5) is 0 Å². The van der Waals surface area contributed by atoms with Crippen LogP contribution >= 0.6 is 11.3 Å². The minimum absolute atomic E-state index is 0.552. The van der Waals surface area contributed by atoms with Crippen LogP contribution in [0.15, 0.2) is 51.3 Å². The second kappa shape index (κ2) is 6.50. The van der Waals surface area contributed by atoms with Crippen molar-refractivity contribution >= 4 is 21.4 Å². The number of oxazole rings is 1. The van der Waals surface area contributed by atoms with Crippen LogP contribution < -0.4 is 0 Å². The number of aromatic nitrogens is 1. The Morgan fingerprint density at radius 2 is 1.88 bits per heavy atom. The summed E-state index contributed by atoms with van der Waals surface area (Å²) in [6.07, 6.45) is 0. The summed E-state index contributed by atoms with van der Waals surface area (Å²) in [4.78, 5) is 8.23. The number of hydrogen-bond donors (Lipinski definition) is 0. The fourth-order valence-corrected chi connectivity index (χ4v) is 4.07. The van der Waals surface area contributed by atoms with Crippen LogP contribution in [0, 0.1) is 13.8 Å². The largest absolute Gasteiger partial charge is 0.456 e. The maximum absolute atomic E-state index is 5.78. The Bertz CT molecular complexity index is 979. The number of thiophene rings is 1. The molecule has 3 aromatic heterocycles. The van der Waals surface area contributed by atoms with E-state index in [0.717, 1.165) is 30.3 Å². The number of nitrogens with zero attached hydrogens (tertiary/aromatic N) is 2. The molecular formula is C20H20N2O2S. The molecule has 1 aromatic carbocycles. The second-order valence-corrected chi connectivity index (χ2v) is 7.52. The number of aryl methyl sites for hydroxylation is 2. The van der Waals surface area contributed by atoms with E-state index in [2.05, 4.69) is 47.3 Å². The first-order chi connectivity index (χ1) is 12.1. The molecule has 0 fully saturated rings. The lowest BCUT2D eigenvalue weighted by atomic mass is 10.2. The van der Waals surface area contributed by atoms with Crippen molar-refractivity contribution in [1.29, 1.82) is 0 Å². The zero-order valence-corrected chi connectivity index (χ0v) is 15.4. The highest BCUT2D eigenvalue weighted by Crippen LogP contribution is 2.27. The van der Waals surface area contributed by atoms with Crippen LogP contribution in [0.5, 0.6) is 0 Å². The van der Waals surface area contributed by atoms with Crippen LogP contribution in [0.3, 0.4) is 0 Å². The predicted octanol–water partition coefficient (Wildman–Crippen LogP) is 5.40. The van der Waals surface area contributed by atoms with Gasteiger partial charge in [0.1, 0.15) is 11.5 Å². The van der Waals surface area contributed by atoms with Crippen LogP contribution in [-0.4, -0.2) is 16.9 Å². The SMILES string of the molecule is Cc1ccc(-c2nc(CN(C)Cc3cc4ccccc4s3)c(C)o2)o1. The van der Waals surface area contributed by atoms with Gasteiger partial charge in [-0.25, -0.2) is 4.98 Å². The summed E-state index contributed by atoms with van der Waals surface area (Å²) in [6.45, 7) is 5.50. The van der Waals surface area contributed by atoms with Crippen molar-refractivity contribution in [3.8, 4) is 11.7 Å². The Morgan fingerprint density at radius 3 is 2.64 bits per heavy atom. The highest BCUT2D eigenvalue weighted by molar-refractivity contribution is 7.19. The topological polar surface area (TPSA) is 42.4 Å². The van der Waals surface area contributed by atoms with E-state index in [1.54, 1.807) is 0 Å². The van der Waals surface area contributed by atoms with E-state index in [1.807, 2.05) is 37.3 Å². The molecule has 0 amide bonds. The molecule has 4 aromatic rings. The second-order valence-electron chi connectivity index (χ2n) is 6.36. The zero-order chi connectivity index (χ0) is 17.4. The molecule has 0 saturated heterocycles. The van der Waals surface area contributed by atoms with Gasteiger partial charge in [-0.3, -0.25) is 4.90 Å². The Balaban J connectivity index is 1.48. The van der Waals surface area contributed by atoms with Gasteiger partial charge in [0.15, 0.2) is 5.76 Å². The van der Waals surface area contributed by atoms with Crippen molar-refractivity contribution in [1.82, 2.24) is 9.88 Å². The molecule has 25 heavy (non-hydrogen) atoms. The lowest BCUT2D eigenvalue weighted by Crippen LogP contribution is -2.17. The summed E-state index contributed by atoms with van der Waals surface area (Å²) in [5.74, 6) is 2.93. The highest BCUT2D eigenvalue weighted by atomic mass is 32.1. The van der Waals surface area contributed by atoms with Crippen molar-refractivity contribution in [2.75, 3.05) is 7.05 Å². The van der Waals surface area contributed by atoms with E-state index in [4.69, 9.17) is 8.83 Å². The predicted molar refractivity (Wildman–Crippen MR) is 101 cm³/mol. The summed E-state index contributed by atoms with van der Waals surface area (Å²) in [7, 11) is 2.11. The first kappa shape index (κ1) is 16.1. The van der Waals surface area contributed by atoms with Gasteiger partial charge in [-0.1, -0.05) is 18.2 Å². The van der Waals surface area contributed by atoms with Crippen molar-refractivity contribution < 1.29 is 8.83 Å². The minimum atomic E-state index is 0.552. The molecule has 0 aliphatic heterocycles.